The maximum atomic E-state index is 5.47. The molecule has 0 atom stereocenters. The van der Waals surface area contributed by atoms with Crippen molar-refractivity contribution >= 4 is 86.6 Å². The van der Waals surface area contributed by atoms with Crippen molar-refractivity contribution in [1.82, 2.24) is 14.5 Å². The van der Waals surface area contributed by atoms with E-state index in [1.54, 1.807) is 0 Å². The van der Waals surface area contributed by atoms with E-state index in [0.29, 0.717) is 5.82 Å². The Kier molecular flexibility index (Phi) is 5.38. The van der Waals surface area contributed by atoms with E-state index >= 15 is 0 Å². The first-order chi connectivity index (χ1) is 24.3. The van der Waals surface area contributed by atoms with Crippen LogP contribution in [0.2, 0.25) is 0 Å². The lowest BCUT2D eigenvalue weighted by molar-refractivity contribution is 1.08. The van der Waals surface area contributed by atoms with Gasteiger partial charge in [0.05, 0.1) is 16.6 Å². The Bertz CT molecular complexity index is 3170. The molecule has 49 heavy (non-hydrogen) atoms. The Morgan fingerprint density at radius 3 is 1.67 bits per heavy atom. The van der Waals surface area contributed by atoms with Gasteiger partial charge in [0.25, 0.3) is 0 Å². The number of hydrogen-bond donors (Lipinski definition) is 0. The number of benzene rings is 9. The Morgan fingerprint density at radius 1 is 0.367 bits per heavy atom. The van der Waals surface area contributed by atoms with Crippen LogP contribution in [0.5, 0.6) is 0 Å². The van der Waals surface area contributed by atoms with Crippen LogP contribution >= 0.6 is 0 Å². The summed E-state index contributed by atoms with van der Waals surface area (Å²) in [5.41, 5.74) is 4.21. The molecule has 2 heterocycles. The highest BCUT2D eigenvalue weighted by Gasteiger charge is 2.24. The zero-order valence-corrected chi connectivity index (χ0v) is 26.4. The number of para-hydroxylation sites is 2. The second-order valence-corrected chi connectivity index (χ2v) is 12.9. The summed E-state index contributed by atoms with van der Waals surface area (Å²) < 4.78 is 2.41. The third-order valence-corrected chi connectivity index (χ3v) is 10.3. The molecule has 0 N–H and O–H groups in total. The fourth-order valence-corrected chi connectivity index (χ4v) is 8.24. The molecule has 0 saturated heterocycles. The van der Waals surface area contributed by atoms with Gasteiger partial charge in [-0.15, -0.1) is 0 Å². The van der Waals surface area contributed by atoms with Gasteiger partial charge in [-0.3, -0.25) is 4.57 Å². The van der Waals surface area contributed by atoms with Gasteiger partial charge in [-0.25, -0.2) is 9.97 Å². The fourth-order valence-electron chi connectivity index (χ4n) is 8.24. The average Bonchev–Trinajstić information content (AvgIpc) is 3.52. The molecule has 0 radical (unpaired) electrons. The van der Waals surface area contributed by atoms with Crippen LogP contribution < -0.4 is 0 Å². The van der Waals surface area contributed by atoms with Crippen LogP contribution in [0, 0.1) is 0 Å². The van der Waals surface area contributed by atoms with Crippen LogP contribution in [0.15, 0.2) is 164 Å². The minimum absolute atomic E-state index is 0.715. The number of nitrogens with zero attached hydrogens (tertiary/aromatic N) is 3. The molecule has 2 aromatic heterocycles. The van der Waals surface area contributed by atoms with Crippen LogP contribution in [0.4, 0.5) is 0 Å². The van der Waals surface area contributed by atoms with E-state index < -0.39 is 0 Å². The van der Waals surface area contributed by atoms with E-state index in [1.807, 2.05) is 0 Å². The summed E-state index contributed by atoms with van der Waals surface area (Å²) >= 11 is 0. The molecule has 3 heteroatoms. The van der Waals surface area contributed by atoms with Crippen molar-refractivity contribution < 1.29 is 0 Å². The van der Waals surface area contributed by atoms with Gasteiger partial charge in [0.2, 0.25) is 0 Å². The van der Waals surface area contributed by atoms with Gasteiger partial charge in [0.15, 0.2) is 5.82 Å². The third kappa shape index (κ3) is 3.67. The molecule has 0 unspecified atom stereocenters. The first-order valence-electron chi connectivity index (χ1n) is 16.8. The summed E-state index contributed by atoms with van der Waals surface area (Å²) in [7, 11) is 0. The monoisotopic (exact) mass is 621 g/mol. The molecule has 0 fully saturated rings. The number of aromatic nitrogens is 3. The van der Waals surface area contributed by atoms with Crippen molar-refractivity contribution in [3.8, 4) is 17.2 Å². The average molecular weight is 622 g/mol. The van der Waals surface area contributed by atoms with E-state index in [1.165, 1.54) is 64.6 Å². The van der Waals surface area contributed by atoms with E-state index in [-0.39, 0.29) is 0 Å². The normalized spacial score (nSPS) is 12.1. The summed E-state index contributed by atoms with van der Waals surface area (Å²) in [6, 6.07) is 58.9. The van der Waals surface area contributed by atoms with Crippen LogP contribution in [-0.4, -0.2) is 14.5 Å². The molecule has 9 aromatic carbocycles. The standard InChI is InChI=1S/C46H27N3/c1-2-14-29-27-30(26-25-28(29)13-1)45-47-39-23-11-9-21-37(39)46(48-45)49-40-24-12-10-22-38(40)43-42-34-18-6-4-16-32(34)31-15-3-5-17-33(31)41(42)35-19-7-8-20-36(35)44(43)49/h1-27H. The minimum Gasteiger partial charge on any atom is -0.292 e. The van der Waals surface area contributed by atoms with Crippen molar-refractivity contribution in [2.24, 2.45) is 0 Å². The number of rotatable bonds is 2. The Hall–Kier alpha value is -6.58. The first kappa shape index (κ1) is 26.5. The second-order valence-electron chi connectivity index (χ2n) is 12.9. The van der Waals surface area contributed by atoms with Crippen LogP contribution in [0.3, 0.4) is 0 Å². The largest absolute Gasteiger partial charge is 0.292 e. The fraction of sp³-hybridized carbons (Fsp3) is 0. The maximum absolute atomic E-state index is 5.47. The zero-order chi connectivity index (χ0) is 32.1. The lowest BCUT2D eigenvalue weighted by Gasteiger charge is -2.17. The molecule has 11 aromatic rings. The predicted molar refractivity (Wildman–Crippen MR) is 207 cm³/mol. The number of fused-ring (bicyclic) bond motifs is 15. The molecular weight excluding hydrogens is 595 g/mol. The molecule has 0 spiro atoms. The van der Waals surface area contributed by atoms with E-state index in [4.69, 9.17) is 9.97 Å². The van der Waals surface area contributed by atoms with E-state index in [0.717, 1.165) is 33.3 Å². The maximum Gasteiger partial charge on any atom is 0.162 e. The Morgan fingerprint density at radius 2 is 0.918 bits per heavy atom. The van der Waals surface area contributed by atoms with E-state index in [9.17, 15) is 0 Å². The molecule has 0 aliphatic heterocycles. The zero-order valence-electron chi connectivity index (χ0n) is 26.4. The van der Waals surface area contributed by atoms with Crippen molar-refractivity contribution in [1.29, 1.82) is 0 Å². The van der Waals surface area contributed by atoms with Crippen LogP contribution in [0.1, 0.15) is 0 Å². The molecule has 0 aliphatic rings. The molecule has 3 nitrogen and oxygen atoms in total. The summed E-state index contributed by atoms with van der Waals surface area (Å²) in [5, 5.41) is 16.0. The Labute approximate surface area is 281 Å². The summed E-state index contributed by atoms with van der Waals surface area (Å²) in [6.45, 7) is 0. The van der Waals surface area contributed by atoms with Crippen LogP contribution in [0.25, 0.3) is 104 Å². The van der Waals surface area contributed by atoms with Crippen LogP contribution in [-0.2, 0) is 0 Å². The molecule has 0 amide bonds. The molecule has 11 rings (SSSR count). The first-order valence-corrected chi connectivity index (χ1v) is 16.8. The van der Waals surface area contributed by atoms with Gasteiger partial charge in [0.1, 0.15) is 5.82 Å². The second kappa shape index (κ2) is 9.96. The summed E-state index contributed by atoms with van der Waals surface area (Å²) in [5.74, 6) is 1.60. The Balaban J connectivity index is 1.38. The molecule has 0 bridgehead atoms. The smallest absolute Gasteiger partial charge is 0.162 e. The SMILES string of the molecule is c1ccc2cc(-c3nc(-n4c5ccccc5c5c6c7ccccc7c7ccccc7c6c6ccccc6c54)c4ccccc4n3)ccc2c1. The van der Waals surface area contributed by atoms with Gasteiger partial charge in [-0.05, 0) is 67.4 Å². The lowest BCUT2D eigenvalue weighted by Crippen LogP contribution is -2.03. The van der Waals surface area contributed by atoms with Gasteiger partial charge >= 0.3 is 0 Å². The van der Waals surface area contributed by atoms with Gasteiger partial charge in [-0.2, -0.15) is 0 Å². The summed E-state index contributed by atoms with van der Waals surface area (Å²) in [4.78, 5) is 10.6. The van der Waals surface area contributed by atoms with Crippen molar-refractivity contribution in [2.75, 3.05) is 0 Å². The van der Waals surface area contributed by atoms with Crippen molar-refractivity contribution in [3.05, 3.63) is 164 Å². The van der Waals surface area contributed by atoms with Crippen molar-refractivity contribution in [3.63, 3.8) is 0 Å². The topological polar surface area (TPSA) is 30.7 Å². The number of hydrogen-bond acceptors (Lipinski definition) is 2. The summed E-state index contributed by atoms with van der Waals surface area (Å²) in [6.07, 6.45) is 0. The van der Waals surface area contributed by atoms with Gasteiger partial charge in [0, 0.05) is 32.5 Å². The molecule has 226 valence electrons. The third-order valence-electron chi connectivity index (χ3n) is 10.3. The highest BCUT2D eigenvalue weighted by molar-refractivity contribution is 6.42. The minimum atomic E-state index is 0.715. The molecular formula is C46H27N3. The van der Waals surface area contributed by atoms with Gasteiger partial charge < -0.3 is 0 Å². The van der Waals surface area contributed by atoms with Gasteiger partial charge in [-0.1, -0.05) is 140 Å². The van der Waals surface area contributed by atoms with E-state index in [2.05, 4.69) is 168 Å². The quantitative estimate of drug-likeness (QED) is 0.180. The molecule has 0 aliphatic carbocycles. The highest BCUT2D eigenvalue weighted by Crippen LogP contribution is 2.48. The predicted octanol–water partition coefficient (Wildman–Crippen LogP) is 12.2. The lowest BCUT2D eigenvalue weighted by atomic mass is 9.88. The van der Waals surface area contributed by atoms with Crippen molar-refractivity contribution in [2.45, 2.75) is 0 Å². The molecule has 0 saturated carbocycles. The highest BCUT2D eigenvalue weighted by atomic mass is 15.1.